The van der Waals surface area contributed by atoms with Crippen molar-refractivity contribution < 1.29 is 4.79 Å². The fraction of sp³-hybridized carbons (Fsp3) is 0.800. The van der Waals surface area contributed by atoms with Gasteiger partial charge in [0.05, 0.1) is 11.9 Å². The van der Waals surface area contributed by atoms with E-state index in [4.69, 9.17) is 0 Å². The largest absolute Gasteiger partial charge is 0.343 e. The SMILES string of the molecule is CC(C)NC1CCCN(C(=O)CCCc2cn[nH]n2)CC1. The predicted octanol–water partition coefficient (Wildman–Crippen LogP) is 1.51. The molecule has 1 amide bonds. The van der Waals surface area contributed by atoms with E-state index in [9.17, 15) is 4.79 Å². The van der Waals surface area contributed by atoms with E-state index in [0.717, 1.165) is 44.5 Å². The van der Waals surface area contributed by atoms with Crippen LogP contribution in [0.1, 0.15) is 51.6 Å². The average Bonchev–Trinajstić information content (AvgIpc) is 2.84. The lowest BCUT2D eigenvalue weighted by Gasteiger charge is -2.21. The Hall–Kier alpha value is -1.43. The Kier molecular flexibility index (Phi) is 6.17. The summed E-state index contributed by atoms with van der Waals surface area (Å²) in [6, 6.07) is 1.07. The predicted molar refractivity (Wildman–Crippen MR) is 81.8 cm³/mol. The van der Waals surface area contributed by atoms with E-state index in [1.807, 2.05) is 4.90 Å². The standard InChI is InChI=1S/C15H27N5O/c1-12(2)17-13-6-4-9-20(10-8-13)15(21)7-3-5-14-11-16-19-18-14/h11-13,17H,3-10H2,1-2H3,(H,16,18,19). The van der Waals surface area contributed by atoms with Crippen molar-refractivity contribution in [1.82, 2.24) is 25.6 Å². The van der Waals surface area contributed by atoms with E-state index < -0.39 is 0 Å². The number of H-pyrrole nitrogens is 1. The Balaban J connectivity index is 1.70. The highest BCUT2D eigenvalue weighted by Gasteiger charge is 2.20. The lowest BCUT2D eigenvalue weighted by atomic mass is 10.1. The summed E-state index contributed by atoms with van der Waals surface area (Å²) in [6.45, 7) is 6.14. The van der Waals surface area contributed by atoms with Gasteiger partial charge in [0.1, 0.15) is 0 Å². The molecule has 6 nitrogen and oxygen atoms in total. The molecule has 0 aliphatic carbocycles. The fourth-order valence-electron chi connectivity index (χ4n) is 2.91. The van der Waals surface area contributed by atoms with Gasteiger partial charge in [0.2, 0.25) is 5.91 Å². The van der Waals surface area contributed by atoms with Crippen LogP contribution in [-0.4, -0.2) is 51.4 Å². The molecule has 1 unspecified atom stereocenters. The zero-order chi connectivity index (χ0) is 15.1. The number of hydrogen-bond donors (Lipinski definition) is 2. The van der Waals surface area contributed by atoms with E-state index in [2.05, 4.69) is 34.6 Å². The molecule has 1 atom stereocenters. The minimum Gasteiger partial charge on any atom is -0.343 e. The maximum absolute atomic E-state index is 12.3. The van der Waals surface area contributed by atoms with Crippen molar-refractivity contribution in [2.24, 2.45) is 0 Å². The van der Waals surface area contributed by atoms with E-state index in [0.29, 0.717) is 18.5 Å². The van der Waals surface area contributed by atoms with Gasteiger partial charge in [-0.25, -0.2) is 0 Å². The second-order valence-electron chi connectivity index (χ2n) is 6.14. The van der Waals surface area contributed by atoms with Crippen molar-refractivity contribution in [3.8, 4) is 0 Å². The number of nitrogens with zero attached hydrogens (tertiary/aromatic N) is 3. The third-order valence-corrected chi connectivity index (χ3v) is 3.94. The molecule has 1 fully saturated rings. The van der Waals surface area contributed by atoms with Gasteiger partial charge < -0.3 is 10.2 Å². The van der Waals surface area contributed by atoms with Crippen LogP contribution in [0.3, 0.4) is 0 Å². The maximum atomic E-state index is 12.3. The number of amides is 1. The van der Waals surface area contributed by atoms with E-state index in [-0.39, 0.29) is 5.91 Å². The lowest BCUT2D eigenvalue weighted by molar-refractivity contribution is -0.131. The molecule has 1 saturated heterocycles. The van der Waals surface area contributed by atoms with Gasteiger partial charge in [0.15, 0.2) is 0 Å². The summed E-state index contributed by atoms with van der Waals surface area (Å²) in [6.07, 6.45) is 7.31. The first-order chi connectivity index (χ1) is 10.1. The first kappa shape index (κ1) is 15.9. The van der Waals surface area contributed by atoms with Crippen LogP contribution < -0.4 is 5.32 Å². The van der Waals surface area contributed by atoms with Crippen molar-refractivity contribution in [3.05, 3.63) is 11.9 Å². The van der Waals surface area contributed by atoms with Gasteiger partial charge >= 0.3 is 0 Å². The summed E-state index contributed by atoms with van der Waals surface area (Å²) in [4.78, 5) is 14.3. The van der Waals surface area contributed by atoms with Gasteiger partial charge in [-0.2, -0.15) is 15.4 Å². The van der Waals surface area contributed by atoms with Gasteiger partial charge in [0.25, 0.3) is 0 Å². The quantitative estimate of drug-likeness (QED) is 0.833. The molecular formula is C15H27N5O. The molecule has 21 heavy (non-hydrogen) atoms. The van der Waals surface area contributed by atoms with Gasteiger partial charge in [-0.05, 0) is 32.1 Å². The molecule has 1 aromatic rings. The molecule has 1 aromatic heterocycles. The van der Waals surface area contributed by atoms with Gasteiger partial charge in [-0.1, -0.05) is 13.8 Å². The monoisotopic (exact) mass is 293 g/mol. The summed E-state index contributed by atoms with van der Waals surface area (Å²) in [5.74, 6) is 0.281. The first-order valence-corrected chi connectivity index (χ1v) is 8.03. The number of aromatic nitrogens is 3. The minimum atomic E-state index is 0.281. The smallest absolute Gasteiger partial charge is 0.222 e. The number of hydrogen-bond acceptors (Lipinski definition) is 4. The van der Waals surface area contributed by atoms with E-state index in [1.165, 1.54) is 6.42 Å². The Morgan fingerprint density at radius 1 is 1.48 bits per heavy atom. The van der Waals surface area contributed by atoms with Gasteiger partial charge in [-0.15, -0.1) is 0 Å². The number of nitrogens with one attached hydrogen (secondary N) is 2. The molecule has 118 valence electrons. The van der Waals surface area contributed by atoms with Crippen LogP contribution in [0, 0.1) is 0 Å². The second-order valence-corrected chi connectivity index (χ2v) is 6.14. The van der Waals surface area contributed by atoms with Crippen molar-refractivity contribution in [2.45, 2.75) is 64.5 Å². The minimum absolute atomic E-state index is 0.281. The zero-order valence-corrected chi connectivity index (χ0v) is 13.1. The molecule has 2 heterocycles. The van der Waals surface area contributed by atoms with Crippen molar-refractivity contribution in [2.75, 3.05) is 13.1 Å². The van der Waals surface area contributed by atoms with Crippen LogP contribution in [0.4, 0.5) is 0 Å². The average molecular weight is 293 g/mol. The van der Waals surface area contributed by atoms with Crippen molar-refractivity contribution >= 4 is 5.91 Å². The molecule has 2 rings (SSSR count). The Bertz CT molecular complexity index is 418. The summed E-state index contributed by atoms with van der Waals surface area (Å²) in [7, 11) is 0. The number of likely N-dealkylation sites (tertiary alicyclic amines) is 1. The molecule has 1 aliphatic heterocycles. The van der Waals surface area contributed by atoms with Gasteiger partial charge in [0, 0.05) is 31.6 Å². The maximum Gasteiger partial charge on any atom is 0.222 e. The second kappa shape index (κ2) is 8.12. The fourth-order valence-corrected chi connectivity index (χ4v) is 2.91. The topological polar surface area (TPSA) is 73.9 Å². The molecule has 0 saturated carbocycles. The van der Waals surface area contributed by atoms with E-state index in [1.54, 1.807) is 6.20 Å². The zero-order valence-electron chi connectivity index (χ0n) is 13.1. The number of aryl methyl sites for hydroxylation is 1. The summed E-state index contributed by atoms with van der Waals surface area (Å²) in [5.41, 5.74) is 0.930. The van der Waals surface area contributed by atoms with Crippen molar-refractivity contribution in [1.29, 1.82) is 0 Å². The highest BCUT2D eigenvalue weighted by Crippen LogP contribution is 2.13. The van der Waals surface area contributed by atoms with Crippen LogP contribution in [0.5, 0.6) is 0 Å². The molecule has 0 bridgehead atoms. The van der Waals surface area contributed by atoms with E-state index >= 15 is 0 Å². The normalized spacial score (nSPS) is 19.8. The third kappa shape index (κ3) is 5.46. The van der Waals surface area contributed by atoms with Crippen LogP contribution in [-0.2, 0) is 11.2 Å². The van der Waals surface area contributed by atoms with Crippen LogP contribution in [0.2, 0.25) is 0 Å². The number of aromatic amines is 1. The molecule has 0 spiro atoms. The Morgan fingerprint density at radius 3 is 3.05 bits per heavy atom. The molecule has 0 aromatic carbocycles. The highest BCUT2D eigenvalue weighted by atomic mass is 16.2. The number of rotatable bonds is 6. The lowest BCUT2D eigenvalue weighted by Crippen LogP contribution is -2.36. The number of carbonyl (C=O) groups is 1. The molecular weight excluding hydrogens is 266 g/mol. The summed E-state index contributed by atoms with van der Waals surface area (Å²) < 4.78 is 0. The Morgan fingerprint density at radius 2 is 2.33 bits per heavy atom. The number of carbonyl (C=O) groups excluding carboxylic acids is 1. The third-order valence-electron chi connectivity index (χ3n) is 3.94. The first-order valence-electron chi connectivity index (χ1n) is 8.03. The molecule has 1 aliphatic rings. The summed E-state index contributed by atoms with van der Waals surface area (Å²) in [5, 5.41) is 14.0. The molecule has 2 N–H and O–H groups in total. The molecule has 6 heteroatoms. The van der Waals surface area contributed by atoms with Crippen LogP contribution >= 0.6 is 0 Å². The van der Waals surface area contributed by atoms with Crippen LogP contribution in [0.25, 0.3) is 0 Å². The van der Waals surface area contributed by atoms with Gasteiger partial charge in [-0.3, -0.25) is 4.79 Å². The Labute approximate surface area is 126 Å². The van der Waals surface area contributed by atoms with Crippen molar-refractivity contribution in [3.63, 3.8) is 0 Å². The summed E-state index contributed by atoms with van der Waals surface area (Å²) >= 11 is 0. The van der Waals surface area contributed by atoms with Crippen LogP contribution in [0.15, 0.2) is 6.20 Å². The highest BCUT2D eigenvalue weighted by molar-refractivity contribution is 5.76. The molecule has 0 radical (unpaired) electrons.